The van der Waals surface area contributed by atoms with Crippen molar-refractivity contribution in [3.05, 3.63) is 96.5 Å². The summed E-state index contributed by atoms with van der Waals surface area (Å²) in [6.07, 6.45) is 1.88. The van der Waals surface area contributed by atoms with Crippen molar-refractivity contribution in [1.29, 1.82) is 0 Å². The van der Waals surface area contributed by atoms with Gasteiger partial charge in [0.05, 0.1) is 35.6 Å². The van der Waals surface area contributed by atoms with Crippen molar-refractivity contribution in [3.8, 4) is 0 Å². The first-order valence-corrected chi connectivity index (χ1v) is 7.58. The molecule has 144 valence electrons. The molecule has 2 aromatic rings. The summed E-state index contributed by atoms with van der Waals surface area (Å²) in [4.78, 5) is 43.5. The summed E-state index contributed by atoms with van der Waals surface area (Å²) in [5.74, 6) is -4.36. The van der Waals surface area contributed by atoms with Crippen molar-refractivity contribution in [2.75, 3.05) is 0 Å². The minimum Gasteiger partial charge on any atom is -0.545 e. The minimum atomic E-state index is -1.42. The Kier molecular flexibility index (Phi) is 11.9. The Bertz CT molecular complexity index is 845. The van der Waals surface area contributed by atoms with Crippen LogP contribution in [-0.4, -0.2) is 61.6 Å². The topological polar surface area (TPSA) is 133 Å². The Morgan fingerprint density at radius 3 is 1.17 bits per heavy atom. The molecule has 29 heavy (non-hydrogen) atoms. The summed E-state index contributed by atoms with van der Waals surface area (Å²) < 4.78 is 8.91. The first-order chi connectivity index (χ1) is 13.3. The van der Waals surface area contributed by atoms with Crippen molar-refractivity contribution in [3.63, 3.8) is 0 Å². The number of aromatic carboxylic acids is 2. The Morgan fingerprint density at radius 2 is 0.931 bits per heavy atom. The second-order valence-corrected chi connectivity index (χ2v) is 4.81. The molecule has 0 saturated carbocycles. The third-order valence-electron chi connectivity index (χ3n) is 3.11. The van der Waals surface area contributed by atoms with Crippen LogP contribution in [-0.2, 0) is 9.47 Å². The number of carbonyl (C=O) groups excluding carboxylic acids is 4. The molecule has 0 N–H and O–H groups in total. The summed E-state index contributed by atoms with van der Waals surface area (Å²) >= 11 is 0. The molecule has 0 radical (unpaired) electrons. The molecular weight excluding hydrogens is 408 g/mol. The Hall–Kier alpha value is -2.94. The van der Waals surface area contributed by atoms with Crippen LogP contribution in [0.25, 0.3) is 0 Å². The van der Waals surface area contributed by atoms with E-state index in [4.69, 9.17) is 0 Å². The summed E-state index contributed by atoms with van der Waals surface area (Å²) in [7, 11) is 0. The van der Waals surface area contributed by atoms with Crippen LogP contribution < -0.4 is 10.2 Å². The summed E-state index contributed by atoms with van der Waals surface area (Å²) in [5.41, 5.74) is -0.487. The van der Waals surface area contributed by atoms with Crippen molar-refractivity contribution in [2.45, 2.75) is 0 Å². The van der Waals surface area contributed by atoms with Gasteiger partial charge in [-0.3, -0.25) is 0 Å². The van der Waals surface area contributed by atoms with Crippen LogP contribution >= 0.6 is 0 Å². The van der Waals surface area contributed by atoms with Crippen molar-refractivity contribution < 1.29 is 38.9 Å². The van der Waals surface area contributed by atoms with E-state index in [0.717, 1.165) is 12.5 Å². The molecule has 0 heterocycles. The zero-order valence-corrected chi connectivity index (χ0v) is 17.4. The quantitative estimate of drug-likeness (QED) is 0.369. The normalized spacial score (nSPS) is 8.83. The zero-order valence-electron chi connectivity index (χ0n) is 15.2. The molecule has 2 rings (SSSR count). The van der Waals surface area contributed by atoms with Crippen LogP contribution in [0.4, 0.5) is 0 Å². The molecule has 0 aliphatic carbocycles. The predicted octanol–water partition coefficient (Wildman–Crippen LogP) is 0.320. The number of carbonyl (C=O) groups is 4. The molecule has 0 amide bonds. The van der Waals surface area contributed by atoms with E-state index >= 15 is 0 Å². The van der Waals surface area contributed by atoms with Gasteiger partial charge in [-0.1, -0.05) is 49.6 Å². The van der Waals surface area contributed by atoms with Gasteiger partial charge >= 0.3 is 49.7 Å². The summed E-state index contributed by atoms with van der Waals surface area (Å²) in [6.45, 7) is 6.39. The molecule has 9 heteroatoms. The van der Waals surface area contributed by atoms with Crippen LogP contribution in [0.1, 0.15) is 41.4 Å². The maximum absolute atomic E-state index is 11.2. The molecule has 0 aromatic heterocycles. The number of hydrogen-bond acceptors (Lipinski definition) is 8. The van der Waals surface area contributed by atoms with E-state index in [1.165, 1.54) is 48.5 Å². The molecule has 2 aromatic carbocycles. The number of carboxylic acid groups (broad SMARTS) is 2. The number of benzene rings is 2. The van der Waals surface area contributed by atoms with Gasteiger partial charge in [0.1, 0.15) is 0 Å². The number of rotatable bonds is 6. The molecule has 0 atom stereocenters. The largest absolute Gasteiger partial charge is 2.00 e. The fourth-order valence-corrected chi connectivity index (χ4v) is 1.96. The molecule has 0 aliphatic heterocycles. The van der Waals surface area contributed by atoms with Crippen LogP contribution in [0, 0.1) is 0 Å². The fraction of sp³-hybridized carbons (Fsp3) is 0. The van der Waals surface area contributed by atoms with Gasteiger partial charge in [0.25, 0.3) is 0 Å². The van der Waals surface area contributed by atoms with Crippen molar-refractivity contribution in [2.24, 2.45) is 0 Å². The number of carboxylic acids is 2. The summed E-state index contributed by atoms with van der Waals surface area (Å²) in [6, 6.07) is 11.3. The third kappa shape index (κ3) is 7.90. The third-order valence-corrected chi connectivity index (χ3v) is 3.11. The molecular formula is C20H14CaO8. The van der Waals surface area contributed by atoms with E-state index in [0.29, 0.717) is 0 Å². The Balaban J connectivity index is 0.000000523. The van der Waals surface area contributed by atoms with Gasteiger partial charge in [-0.05, 0) is 12.1 Å². The van der Waals surface area contributed by atoms with E-state index in [-0.39, 0.29) is 60.0 Å². The van der Waals surface area contributed by atoms with Gasteiger partial charge in [0.15, 0.2) is 0 Å². The standard InChI is InChI=1S/2C10H8O4.Ca/c2*1-2-14-10(13)8-6-4-3-5-7(8)9(11)12;/h2*2-6H,1H2,(H,11,12);/q;;+2/p-2. The molecule has 0 bridgehead atoms. The van der Waals surface area contributed by atoms with Gasteiger partial charge < -0.3 is 29.3 Å². The number of hydrogen-bond donors (Lipinski definition) is 0. The van der Waals surface area contributed by atoms with Gasteiger partial charge in [-0.15, -0.1) is 0 Å². The number of ether oxygens (including phenoxy) is 2. The zero-order chi connectivity index (χ0) is 21.1. The van der Waals surface area contributed by atoms with E-state index in [1.54, 1.807) is 0 Å². The summed E-state index contributed by atoms with van der Waals surface area (Å²) in [5, 5.41) is 21.2. The van der Waals surface area contributed by atoms with Crippen LogP contribution in [0.5, 0.6) is 0 Å². The molecule has 0 spiro atoms. The van der Waals surface area contributed by atoms with Gasteiger partial charge in [0.2, 0.25) is 0 Å². The molecule has 0 aliphatic rings. The molecule has 0 unspecified atom stereocenters. The smallest absolute Gasteiger partial charge is 0.545 e. The first kappa shape index (κ1) is 26.1. The van der Waals surface area contributed by atoms with Gasteiger partial charge in [-0.25, -0.2) is 9.59 Å². The van der Waals surface area contributed by atoms with Crippen LogP contribution in [0.3, 0.4) is 0 Å². The maximum atomic E-state index is 11.2. The monoisotopic (exact) mass is 422 g/mol. The van der Waals surface area contributed by atoms with Crippen LogP contribution in [0.2, 0.25) is 0 Å². The van der Waals surface area contributed by atoms with Crippen molar-refractivity contribution >= 4 is 61.6 Å². The first-order valence-electron chi connectivity index (χ1n) is 7.58. The molecule has 0 saturated heterocycles. The Labute approximate surface area is 196 Å². The van der Waals surface area contributed by atoms with E-state index < -0.39 is 23.9 Å². The van der Waals surface area contributed by atoms with E-state index in [1.807, 2.05) is 0 Å². The second kappa shape index (κ2) is 13.3. The van der Waals surface area contributed by atoms with Crippen LogP contribution in [0.15, 0.2) is 74.2 Å². The molecule has 0 fully saturated rings. The molecule has 8 nitrogen and oxygen atoms in total. The average molecular weight is 422 g/mol. The maximum Gasteiger partial charge on any atom is 2.00 e. The van der Waals surface area contributed by atoms with E-state index in [9.17, 15) is 29.4 Å². The van der Waals surface area contributed by atoms with Crippen molar-refractivity contribution in [1.82, 2.24) is 0 Å². The van der Waals surface area contributed by atoms with E-state index in [2.05, 4.69) is 22.6 Å². The average Bonchev–Trinajstić information content (AvgIpc) is 2.68. The minimum absolute atomic E-state index is 0. The SMILES string of the molecule is C=COC(=O)c1ccccc1C(=O)[O-].C=COC(=O)c1ccccc1C(=O)[O-].[Ca+2]. The number of esters is 2. The predicted molar refractivity (Wildman–Crippen MR) is 98.5 cm³/mol. The Morgan fingerprint density at radius 1 is 0.655 bits per heavy atom. The fourth-order valence-electron chi connectivity index (χ4n) is 1.96. The second-order valence-electron chi connectivity index (χ2n) is 4.81. The van der Waals surface area contributed by atoms with Gasteiger partial charge in [-0.2, -0.15) is 0 Å². The van der Waals surface area contributed by atoms with Gasteiger partial charge in [0, 0.05) is 11.1 Å².